The predicted molar refractivity (Wildman–Crippen MR) is 109 cm³/mol. The normalized spacial score (nSPS) is 11.9. The molecule has 0 spiro atoms. The van der Waals surface area contributed by atoms with Gasteiger partial charge in [0.15, 0.2) is 0 Å². The van der Waals surface area contributed by atoms with E-state index >= 15 is 0 Å². The number of furan rings is 1. The maximum absolute atomic E-state index is 13.2. The first-order valence-corrected chi connectivity index (χ1v) is 11.2. The molecule has 0 bridgehead atoms. The molecule has 1 N–H and O–H groups in total. The van der Waals surface area contributed by atoms with Gasteiger partial charge in [0.1, 0.15) is 5.76 Å². The Kier molecular flexibility index (Phi) is 6.33. The van der Waals surface area contributed by atoms with E-state index in [0.717, 1.165) is 5.56 Å². The summed E-state index contributed by atoms with van der Waals surface area (Å²) in [5, 5.41) is 6.60. The Morgan fingerprint density at radius 3 is 2.46 bits per heavy atom. The van der Waals surface area contributed by atoms with Gasteiger partial charge in [0, 0.05) is 18.2 Å². The average molecular weight is 419 g/mol. The van der Waals surface area contributed by atoms with Gasteiger partial charge in [-0.2, -0.15) is 15.6 Å². The summed E-state index contributed by atoms with van der Waals surface area (Å²) in [5.74, 6) is 0.296. The van der Waals surface area contributed by atoms with Crippen molar-refractivity contribution in [2.24, 2.45) is 5.92 Å². The minimum Gasteiger partial charge on any atom is -0.468 e. The van der Waals surface area contributed by atoms with Crippen molar-refractivity contribution < 1.29 is 17.6 Å². The van der Waals surface area contributed by atoms with Crippen molar-refractivity contribution in [3.8, 4) is 0 Å². The molecule has 3 aromatic rings. The van der Waals surface area contributed by atoms with Gasteiger partial charge in [-0.1, -0.05) is 13.8 Å². The van der Waals surface area contributed by atoms with Crippen LogP contribution in [-0.4, -0.2) is 18.6 Å². The number of sulfonamides is 1. The molecule has 0 unspecified atom stereocenters. The van der Waals surface area contributed by atoms with Crippen molar-refractivity contribution in [1.29, 1.82) is 0 Å². The van der Waals surface area contributed by atoms with E-state index in [9.17, 15) is 13.2 Å². The lowest BCUT2D eigenvalue weighted by molar-refractivity contribution is -0.118. The van der Waals surface area contributed by atoms with Crippen molar-refractivity contribution in [1.82, 2.24) is 4.31 Å². The van der Waals surface area contributed by atoms with E-state index in [2.05, 4.69) is 5.32 Å². The van der Waals surface area contributed by atoms with Crippen molar-refractivity contribution in [3.05, 3.63) is 70.8 Å². The van der Waals surface area contributed by atoms with Crippen molar-refractivity contribution >= 4 is 33.0 Å². The Hall–Kier alpha value is -2.42. The van der Waals surface area contributed by atoms with Gasteiger partial charge < -0.3 is 9.73 Å². The summed E-state index contributed by atoms with van der Waals surface area (Å²) in [6, 6.07) is 11.6. The summed E-state index contributed by atoms with van der Waals surface area (Å²) in [7, 11) is -3.75. The number of hydrogen-bond donors (Lipinski definition) is 1. The molecule has 2 heterocycles. The molecule has 3 rings (SSSR count). The summed E-state index contributed by atoms with van der Waals surface area (Å²) in [4.78, 5) is 12.0. The molecule has 1 amide bonds. The van der Waals surface area contributed by atoms with E-state index in [4.69, 9.17) is 4.42 Å². The first kappa shape index (κ1) is 20.3. The Morgan fingerprint density at radius 1 is 1.14 bits per heavy atom. The molecule has 0 saturated carbocycles. The standard InChI is InChI=1S/C20H22N2O4S2/c1-15(2)20(23)21-17-5-7-19(8-6-17)28(24,25)22(12-16-9-11-27-14-16)13-18-4-3-10-26-18/h3-11,14-15H,12-13H2,1-2H3,(H,21,23). The van der Waals surface area contributed by atoms with E-state index in [1.54, 1.807) is 38.1 Å². The van der Waals surface area contributed by atoms with Crippen LogP contribution in [0.4, 0.5) is 5.69 Å². The Balaban J connectivity index is 1.84. The summed E-state index contributed by atoms with van der Waals surface area (Å²) in [5.41, 5.74) is 1.48. The molecule has 0 atom stereocenters. The number of benzene rings is 1. The zero-order chi connectivity index (χ0) is 20.1. The Morgan fingerprint density at radius 2 is 1.89 bits per heavy atom. The minimum atomic E-state index is -3.75. The topological polar surface area (TPSA) is 79.6 Å². The SMILES string of the molecule is CC(C)C(=O)Nc1ccc(S(=O)(=O)N(Cc2ccsc2)Cc2ccco2)cc1. The monoisotopic (exact) mass is 418 g/mol. The second-order valence-corrected chi connectivity index (χ2v) is 9.37. The van der Waals surface area contributed by atoms with Crippen LogP contribution in [0.25, 0.3) is 0 Å². The number of rotatable bonds is 8. The largest absolute Gasteiger partial charge is 0.468 e. The molecule has 1 aromatic carbocycles. The van der Waals surface area contributed by atoms with Crippen LogP contribution in [0.3, 0.4) is 0 Å². The molecular formula is C20H22N2O4S2. The predicted octanol–water partition coefficient (Wildman–Crippen LogP) is 4.33. The van der Waals surface area contributed by atoms with Gasteiger partial charge in [-0.3, -0.25) is 4.79 Å². The third kappa shape index (κ3) is 4.89. The molecule has 0 aliphatic carbocycles. The first-order valence-electron chi connectivity index (χ1n) is 8.81. The van der Waals surface area contributed by atoms with Gasteiger partial charge in [-0.05, 0) is 58.8 Å². The molecule has 0 radical (unpaired) electrons. The second kappa shape index (κ2) is 8.72. The number of nitrogens with one attached hydrogen (secondary N) is 1. The molecule has 0 aliphatic rings. The van der Waals surface area contributed by atoms with Crippen LogP contribution in [0.15, 0.2) is 68.8 Å². The lowest BCUT2D eigenvalue weighted by Gasteiger charge is -2.21. The minimum absolute atomic E-state index is 0.118. The lowest BCUT2D eigenvalue weighted by Crippen LogP contribution is -2.30. The summed E-state index contributed by atoms with van der Waals surface area (Å²) in [6.07, 6.45) is 1.52. The fraction of sp³-hybridized carbons (Fsp3) is 0.250. The van der Waals surface area contributed by atoms with Gasteiger partial charge in [-0.25, -0.2) is 8.42 Å². The molecule has 6 nitrogen and oxygen atoms in total. The van der Waals surface area contributed by atoms with Crippen LogP contribution in [0.5, 0.6) is 0 Å². The maximum Gasteiger partial charge on any atom is 0.243 e. The zero-order valence-electron chi connectivity index (χ0n) is 15.7. The van der Waals surface area contributed by atoms with Gasteiger partial charge in [0.25, 0.3) is 0 Å². The number of carbonyl (C=O) groups is 1. The molecule has 0 aliphatic heterocycles. The Labute approximate surface area is 168 Å². The quantitative estimate of drug-likeness (QED) is 0.591. The molecular weight excluding hydrogens is 396 g/mol. The highest BCUT2D eigenvalue weighted by Gasteiger charge is 2.26. The van der Waals surface area contributed by atoms with Gasteiger partial charge >= 0.3 is 0 Å². The molecule has 0 fully saturated rings. The van der Waals surface area contributed by atoms with Crippen LogP contribution in [-0.2, 0) is 27.9 Å². The van der Waals surface area contributed by atoms with E-state index < -0.39 is 10.0 Å². The van der Waals surface area contributed by atoms with Gasteiger partial charge in [-0.15, -0.1) is 0 Å². The van der Waals surface area contributed by atoms with E-state index in [1.807, 2.05) is 16.8 Å². The highest BCUT2D eigenvalue weighted by molar-refractivity contribution is 7.89. The smallest absolute Gasteiger partial charge is 0.243 e. The van der Waals surface area contributed by atoms with Crippen LogP contribution in [0.1, 0.15) is 25.2 Å². The van der Waals surface area contributed by atoms with E-state index in [-0.39, 0.29) is 29.8 Å². The number of anilines is 1. The van der Waals surface area contributed by atoms with Crippen LogP contribution >= 0.6 is 11.3 Å². The fourth-order valence-electron chi connectivity index (χ4n) is 2.53. The van der Waals surface area contributed by atoms with E-state index in [0.29, 0.717) is 11.4 Å². The summed E-state index contributed by atoms with van der Waals surface area (Å²) < 4.78 is 33.2. The Bertz CT molecular complexity index is 957. The summed E-state index contributed by atoms with van der Waals surface area (Å²) in [6.45, 7) is 3.98. The second-order valence-electron chi connectivity index (χ2n) is 6.65. The molecule has 0 saturated heterocycles. The first-order chi connectivity index (χ1) is 13.4. The van der Waals surface area contributed by atoms with Crippen molar-refractivity contribution in [2.75, 3.05) is 5.32 Å². The van der Waals surface area contributed by atoms with Gasteiger partial charge in [0.05, 0.1) is 17.7 Å². The average Bonchev–Trinajstić information content (AvgIpc) is 3.35. The van der Waals surface area contributed by atoms with Crippen molar-refractivity contribution in [2.45, 2.75) is 31.8 Å². The van der Waals surface area contributed by atoms with Crippen molar-refractivity contribution in [3.63, 3.8) is 0 Å². The zero-order valence-corrected chi connectivity index (χ0v) is 17.3. The molecule has 28 heavy (non-hydrogen) atoms. The fourth-order valence-corrected chi connectivity index (χ4v) is 4.59. The molecule has 148 valence electrons. The number of nitrogens with zero attached hydrogens (tertiary/aromatic N) is 1. The number of hydrogen-bond acceptors (Lipinski definition) is 5. The van der Waals surface area contributed by atoms with Gasteiger partial charge in [0.2, 0.25) is 15.9 Å². The maximum atomic E-state index is 13.2. The van der Waals surface area contributed by atoms with Crippen LogP contribution in [0.2, 0.25) is 0 Å². The third-order valence-electron chi connectivity index (χ3n) is 4.14. The number of thiophene rings is 1. The highest BCUT2D eigenvalue weighted by Crippen LogP contribution is 2.23. The third-order valence-corrected chi connectivity index (χ3v) is 6.67. The van der Waals surface area contributed by atoms with Crippen LogP contribution < -0.4 is 5.32 Å². The number of amides is 1. The van der Waals surface area contributed by atoms with Crippen LogP contribution in [0, 0.1) is 5.92 Å². The highest BCUT2D eigenvalue weighted by atomic mass is 32.2. The molecule has 2 aromatic heterocycles. The summed E-state index contributed by atoms with van der Waals surface area (Å²) >= 11 is 1.52. The van der Waals surface area contributed by atoms with E-state index in [1.165, 1.54) is 34.0 Å². The number of carbonyl (C=O) groups excluding carboxylic acids is 1. The molecule has 8 heteroatoms. The lowest BCUT2D eigenvalue weighted by atomic mass is 10.2.